The van der Waals surface area contributed by atoms with Gasteiger partial charge >= 0.3 is 0 Å². The molecule has 0 aliphatic carbocycles. The van der Waals surface area contributed by atoms with Crippen molar-refractivity contribution in [1.29, 1.82) is 0 Å². The molecule has 0 atom stereocenters. The fourth-order valence-corrected chi connectivity index (χ4v) is 2.04. The summed E-state index contributed by atoms with van der Waals surface area (Å²) in [6.45, 7) is 2.27. The van der Waals surface area contributed by atoms with E-state index in [1.54, 1.807) is 14.0 Å². The molecule has 4 N–H and O–H groups in total. The number of aromatic nitrogens is 2. The molecule has 6 nitrogen and oxygen atoms in total. The number of nitrogens with zero attached hydrogens (tertiary/aromatic N) is 1. The summed E-state index contributed by atoms with van der Waals surface area (Å²) in [5, 5.41) is 9.32. The van der Waals surface area contributed by atoms with Crippen LogP contribution >= 0.6 is 0 Å². The number of methoxy groups -OCH3 is 1. The molecule has 0 bridgehead atoms. The second-order valence-electron chi connectivity index (χ2n) is 4.43. The van der Waals surface area contributed by atoms with Gasteiger partial charge < -0.3 is 15.8 Å². The Morgan fingerprint density at radius 3 is 2.85 bits per heavy atom. The quantitative estimate of drug-likeness (QED) is 0.765. The first-order valence-electron chi connectivity index (χ1n) is 6.34. The van der Waals surface area contributed by atoms with Gasteiger partial charge in [-0.2, -0.15) is 5.10 Å². The summed E-state index contributed by atoms with van der Waals surface area (Å²) in [6.07, 6.45) is 0.687. The third-order valence-corrected chi connectivity index (χ3v) is 3.07. The number of carbonyl (C=O) groups excluding carboxylic acids is 1. The monoisotopic (exact) mass is 274 g/mol. The minimum atomic E-state index is -0.219. The zero-order valence-corrected chi connectivity index (χ0v) is 11.6. The predicted octanol–water partition coefficient (Wildman–Crippen LogP) is 1.28. The SMILES string of the molecule is COc1ccccc1CCNC(=O)c1c(N)n[nH]c1C. The van der Waals surface area contributed by atoms with E-state index in [1.165, 1.54) is 0 Å². The van der Waals surface area contributed by atoms with Crippen molar-refractivity contribution in [1.82, 2.24) is 15.5 Å². The third kappa shape index (κ3) is 2.90. The van der Waals surface area contributed by atoms with Crippen molar-refractivity contribution < 1.29 is 9.53 Å². The van der Waals surface area contributed by atoms with Crippen LogP contribution < -0.4 is 15.8 Å². The lowest BCUT2D eigenvalue weighted by molar-refractivity contribution is 0.0954. The van der Waals surface area contributed by atoms with Crippen LogP contribution in [0.25, 0.3) is 0 Å². The number of hydrogen-bond donors (Lipinski definition) is 3. The van der Waals surface area contributed by atoms with Crippen molar-refractivity contribution in [3.8, 4) is 5.75 Å². The zero-order chi connectivity index (χ0) is 14.5. The summed E-state index contributed by atoms with van der Waals surface area (Å²) >= 11 is 0. The third-order valence-electron chi connectivity index (χ3n) is 3.07. The highest BCUT2D eigenvalue weighted by Gasteiger charge is 2.15. The Balaban J connectivity index is 1.95. The van der Waals surface area contributed by atoms with Gasteiger partial charge in [-0.05, 0) is 25.0 Å². The van der Waals surface area contributed by atoms with Gasteiger partial charge in [0.25, 0.3) is 5.91 Å². The molecule has 0 saturated carbocycles. The smallest absolute Gasteiger partial charge is 0.256 e. The van der Waals surface area contributed by atoms with E-state index in [4.69, 9.17) is 10.5 Å². The molecule has 0 unspecified atom stereocenters. The number of hydrogen-bond acceptors (Lipinski definition) is 4. The highest BCUT2D eigenvalue weighted by molar-refractivity contribution is 5.99. The van der Waals surface area contributed by atoms with Crippen LogP contribution in [0.3, 0.4) is 0 Å². The second-order valence-corrected chi connectivity index (χ2v) is 4.43. The van der Waals surface area contributed by atoms with E-state index in [1.807, 2.05) is 24.3 Å². The Hall–Kier alpha value is -2.50. The molecule has 2 rings (SSSR count). The lowest BCUT2D eigenvalue weighted by Crippen LogP contribution is -2.26. The maximum atomic E-state index is 12.0. The first-order chi connectivity index (χ1) is 9.63. The molecule has 106 valence electrons. The minimum Gasteiger partial charge on any atom is -0.496 e. The highest BCUT2D eigenvalue weighted by atomic mass is 16.5. The average molecular weight is 274 g/mol. The number of nitrogen functional groups attached to an aromatic ring is 1. The number of amides is 1. The number of H-pyrrole nitrogens is 1. The molecule has 0 saturated heterocycles. The fraction of sp³-hybridized carbons (Fsp3) is 0.286. The highest BCUT2D eigenvalue weighted by Crippen LogP contribution is 2.17. The van der Waals surface area contributed by atoms with Crippen molar-refractivity contribution in [3.63, 3.8) is 0 Å². The fourth-order valence-electron chi connectivity index (χ4n) is 2.04. The Kier molecular flexibility index (Phi) is 4.24. The molecule has 0 radical (unpaired) electrons. The molecule has 1 amide bonds. The number of para-hydroxylation sites is 1. The van der Waals surface area contributed by atoms with E-state index < -0.39 is 0 Å². The number of nitrogens with two attached hydrogens (primary N) is 1. The van der Waals surface area contributed by atoms with E-state index >= 15 is 0 Å². The summed E-state index contributed by atoms with van der Waals surface area (Å²) in [5.74, 6) is 0.821. The summed E-state index contributed by atoms with van der Waals surface area (Å²) in [6, 6.07) is 7.73. The van der Waals surface area contributed by atoms with Crippen LogP contribution in [-0.2, 0) is 6.42 Å². The largest absolute Gasteiger partial charge is 0.496 e. The van der Waals surface area contributed by atoms with E-state index in [0.717, 1.165) is 11.3 Å². The molecular formula is C14H18N4O2. The Morgan fingerprint density at radius 1 is 1.45 bits per heavy atom. The van der Waals surface area contributed by atoms with Gasteiger partial charge in [-0.1, -0.05) is 18.2 Å². The molecule has 1 heterocycles. The van der Waals surface area contributed by atoms with Gasteiger partial charge in [0.2, 0.25) is 0 Å². The summed E-state index contributed by atoms with van der Waals surface area (Å²) in [4.78, 5) is 12.0. The molecule has 0 aliphatic rings. The maximum absolute atomic E-state index is 12.0. The maximum Gasteiger partial charge on any atom is 0.256 e. The van der Waals surface area contributed by atoms with Crippen molar-refractivity contribution in [3.05, 3.63) is 41.1 Å². The van der Waals surface area contributed by atoms with Gasteiger partial charge in [0.1, 0.15) is 11.3 Å². The molecule has 0 aliphatic heterocycles. The van der Waals surface area contributed by atoms with Crippen LogP contribution in [0.1, 0.15) is 21.6 Å². The van der Waals surface area contributed by atoms with Crippen molar-refractivity contribution in [2.45, 2.75) is 13.3 Å². The van der Waals surface area contributed by atoms with Gasteiger partial charge in [0, 0.05) is 12.2 Å². The second kappa shape index (κ2) is 6.10. The van der Waals surface area contributed by atoms with E-state index in [9.17, 15) is 4.79 Å². The predicted molar refractivity (Wildman–Crippen MR) is 76.8 cm³/mol. The number of nitrogens with one attached hydrogen (secondary N) is 2. The lowest BCUT2D eigenvalue weighted by Gasteiger charge is -2.09. The summed E-state index contributed by atoms with van der Waals surface area (Å²) in [7, 11) is 1.63. The van der Waals surface area contributed by atoms with Gasteiger partial charge in [-0.3, -0.25) is 9.89 Å². The van der Waals surface area contributed by atoms with Crippen molar-refractivity contribution in [2.75, 3.05) is 19.4 Å². The van der Waals surface area contributed by atoms with Gasteiger partial charge in [-0.25, -0.2) is 0 Å². The molecule has 1 aromatic carbocycles. The van der Waals surface area contributed by atoms with Crippen LogP contribution in [0.4, 0.5) is 5.82 Å². The standard InChI is InChI=1S/C14H18N4O2/c1-9-12(13(15)18-17-9)14(19)16-8-7-10-5-3-4-6-11(10)20-2/h3-6H,7-8H2,1-2H3,(H,16,19)(H3,15,17,18). The number of ether oxygens (including phenoxy) is 1. The van der Waals surface area contributed by atoms with Crippen LogP contribution in [0.15, 0.2) is 24.3 Å². The van der Waals surface area contributed by atoms with Crippen LogP contribution in [0.5, 0.6) is 5.75 Å². The number of carbonyl (C=O) groups is 1. The topological polar surface area (TPSA) is 93.0 Å². The zero-order valence-electron chi connectivity index (χ0n) is 11.6. The van der Waals surface area contributed by atoms with Crippen LogP contribution in [-0.4, -0.2) is 29.8 Å². The molecular weight excluding hydrogens is 256 g/mol. The molecule has 2 aromatic rings. The van der Waals surface area contributed by atoms with Crippen LogP contribution in [0.2, 0.25) is 0 Å². The minimum absolute atomic E-state index is 0.219. The molecule has 0 spiro atoms. The Labute approximate surface area is 117 Å². The molecule has 0 fully saturated rings. The van der Waals surface area contributed by atoms with E-state index in [-0.39, 0.29) is 11.7 Å². The number of rotatable bonds is 5. The Morgan fingerprint density at radius 2 is 2.20 bits per heavy atom. The first kappa shape index (κ1) is 13.9. The van der Waals surface area contributed by atoms with Crippen molar-refractivity contribution >= 4 is 11.7 Å². The summed E-state index contributed by atoms with van der Waals surface area (Å²) < 4.78 is 5.27. The van der Waals surface area contributed by atoms with Gasteiger partial charge in [-0.15, -0.1) is 0 Å². The van der Waals surface area contributed by atoms with Gasteiger partial charge in [0.05, 0.1) is 7.11 Å². The normalized spacial score (nSPS) is 10.3. The molecule has 1 aromatic heterocycles. The van der Waals surface area contributed by atoms with Crippen LogP contribution in [0, 0.1) is 6.92 Å². The lowest BCUT2D eigenvalue weighted by atomic mass is 10.1. The number of aromatic amines is 1. The molecule has 6 heteroatoms. The average Bonchev–Trinajstić information content (AvgIpc) is 2.78. The molecule has 20 heavy (non-hydrogen) atoms. The van der Waals surface area contributed by atoms with E-state index in [0.29, 0.717) is 24.2 Å². The first-order valence-corrected chi connectivity index (χ1v) is 6.34. The number of benzene rings is 1. The summed E-state index contributed by atoms with van der Waals surface area (Å²) in [5.41, 5.74) is 7.77. The number of aryl methyl sites for hydroxylation is 1. The van der Waals surface area contributed by atoms with Gasteiger partial charge in [0.15, 0.2) is 5.82 Å². The Bertz CT molecular complexity index is 587. The van der Waals surface area contributed by atoms with Crippen molar-refractivity contribution in [2.24, 2.45) is 0 Å². The van der Waals surface area contributed by atoms with E-state index in [2.05, 4.69) is 15.5 Å². The number of anilines is 1.